The lowest BCUT2D eigenvalue weighted by atomic mass is 10.0. The Labute approximate surface area is 193 Å². The van der Waals surface area contributed by atoms with Gasteiger partial charge in [-0.1, -0.05) is 6.07 Å². The van der Waals surface area contributed by atoms with Gasteiger partial charge in [0, 0.05) is 49.0 Å². The molecule has 1 aliphatic rings. The molecule has 3 aromatic rings. The summed E-state index contributed by atoms with van der Waals surface area (Å²) in [6.07, 6.45) is 4.34. The van der Waals surface area contributed by atoms with Crippen LogP contribution in [-0.2, 0) is 10.0 Å². The first-order chi connectivity index (χ1) is 15.7. The van der Waals surface area contributed by atoms with Crippen LogP contribution in [0.4, 0.5) is 11.4 Å². The van der Waals surface area contributed by atoms with Crippen LogP contribution in [0.1, 0.15) is 12.5 Å². The highest BCUT2D eigenvalue weighted by Gasteiger charge is 2.26. The number of methoxy groups -OCH3 is 1. The van der Waals surface area contributed by atoms with E-state index in [1.54, 1.807) is 18.5 Å². The van der Waals surface area contributed by atoms with E-state index in [0.717, 1.165) is 48.0 Å². The van der Waals surface area contributed by atoms with E-state index in [-0.39, 0.29) is 17.6 Å². The molecule has 9 nitrogen and oxygen atoms in total. The number of rotatable bonds is 5. The molecule has 10 heteroatoms. The van der Waals surface area contributed by atoms with Gasteiger partial charge in [-0.3, -0.25) is 9.71 Å². The number of fused-ring (bicyclic) bond motifs is 1. The molecule has 1 aliphatic heterocycles. The molecule has 1 atom stereocenters. The van der Waals surface area contributed by atoms with Crippen LogP contribution in [0.25, 0.3) is 22.0 Å². The summed E-state index contributed by atoms with van der Waals surface area (Å²) in [5.41, 5.74) is 3.99. The lowest BCUT2D eigenvalue weighted by Crippen LogP contribution is -2.50. The van der Waals surface area contributed by atoms with Crippen LogP contribution >= 0.6 is 0 Å². The number of piperazine rings is 1. The second-order valence-electron chi connectivity index (χ2n) is 8.32. The molecule has 0 amide bonds. The molecule has 1 fully saturated rings. The van der Waals surface area contributed by atoms with Crippen molar-refractivity contribution in [3.63, 3.8) is 0 Å². The van der Waals surface area contributed by atoms with Crippen molar-refractivity contribution in [2.45, 2.75) is 13.0 Å². The minimum absolute atomic E-state index is 0.186. The lowest BCUT2D eigenvalue weighted by Gasteiger charge is -2.40. The Morgan fingerprint density at radius 1 is 1.18 bits per heavy atom. The third kappa shape index (κ3) is 4.69. The fourth-order valence-electron chi connectivity index (χ4n) is 4.27. The second-order valence-corrected chi connectivity index (χ2v) is 10.1. The van der Waals surface area contributed by atoms with Crippen molar-refractivity contribution in [3.8, 4) is 23.1 Å². The first-order valence-corrected chi connectivity index (χ1v) is 12.4. The number of anilines is 2. The van der Waals surface area contributed by atoms with Gasteiger partial charge in [0.25, 0.3) is 0 Å². The number of aromatic nitrogens is 2. The summed E-state index contributed by atoms with van der Waals surface area (Å²) in [6.45, 7) is 4.77. The minimum atomic E-state index is -3.51. The largest absolute Gasteiger partial charge is 0.480 e. The van der Waals surface area contributed by atoms with Gasteiger partial charge in [0.1, 0.15) is 11.8 Å². The second kappa shape index (κ2) is 8.84. The molecule has 1 saturated heterocycles. The zero-order valence-electron chi connectivity index (χ0n) is 19.0. The molecular weight excluding hydrogens is 440 g/mol. The Morgan fingerprint density at radius 2 is 1.97 bits per heavy atom. The van der Waals surface area contributed by atoms with Gasteiger partial charge in [0.05, 0.1) is 30.1 Å². The summed E-state index contributed by atoms with van der Waals surface area (Å²) in [7, 11) is 0.0214. The average molecular weight is 467 g/mol. The van der Waals surface area contributed by atoms with Crippen molar-refractivity contribution in [2.75, 3.05) is 49.7 Å². The topological polar surface area (TPSA) is 111 Å². The Kier molecular flexibility index (Phi) is 6.10. The maximum atomic E-state index is 11.8. The Bertz CT molecular complexity index is 1350. The quantitative estimate of drug-likeness (QED) is 0.611. The monoisotopic (exact) mass is 466 g/mol. The Balaban J connectivity index is 1.86. The normalized spacial score (nSPS) is 17.1. The van der Waals surface area contributed by atoms with Gasteiger partial charge in [-0.2, -0.15) is 5.26 Å². The van der Waals surface area contributed by atoms with Crippen molar-refractivity contribution in [2.24, 2.45) is 0 Å². The third-order valence-corrected chi connectivity index (χ3v) is 6.34. The SMILES string of the molecule is COc1ncc(-c2ccc3ncc(C#N)c(N4CCN(C)C[C@@H]4C)c3c2)cc1NS(C)(=O)=O. The molecule has 0 radical (unpaired) electrons. The van der Waals surface area contributed by atoms with Gasteiger partial charge in [-0.15, -0.1) is 0 Å². The standard InChI is InChI=1S/C23H26N6O3S/c1-15-14-28(2)7-8-29(15)22-18(11-24)13-25-20-6-5-16(9-19(20)22)17-10-21(27-33(4,30)31)23(32-3)26-12-17/h5-6,9-10,12-13,15,27H,7-8,14H2,1-4H3/t15-/m0/s1. The highest BCUT2D eigenvalue weighted by molar-refractivity contribution is 7.92. The number of sulfonamides is 1. The van der Waals surface area contributed by atoms with Gasteiger partial charge < -0.3 is 14.5 Å². The minimum Gasteiger partial charge on any atom is -0.480 e. The van der Waals surface area contributed by atoms with Crippen LogP contribution in [0.15, 0.2) is 36.7 Å². The van der Waals surface area contributed by atoms with Crippen molar-refractivity contribution in [3.05, 3.63) is 42.2 Å². The highest BCUT2D eigenvalue weighted by Crippen LogP contribution is 2.36. The smallest absolute Gasteiger partial charge is 0.238 e. The fourth-order valence-corrected chi connectivity index (χ4v) is 4.81. The fraction of sp³-hybridized carbons (Fsp3) is 0.348. The number of hydrogen-bond donors (Lipinski definition) is 1. The summed E-state index contributed by atoms with van der Waals surface area (Å²) in [5, 5.41) is 10.7. The summed E-state index contributed by atoms with van der Waals surface area (Å²) < 4.78 is 31.2. The molecule has 0 saturated carbocycles. The van der Waals surface area contributed by atoms with Crippen LogP contribution in [0.3, 0.4) is 0 Å². The van der Waals surface area contributed by atoms with E-state index >= 15 is 0 Å². The van der Waals surface area contributed by atoms with E-state index in [2.05, 4.69) is 44.5 Å². The summed E-state index contributed by atoms with van der Waals surface area (Å²) in [5.74, 6) is 0.186. The number of nitrogens with zero attached hydrogens (tertiary/aromatic N) is 5. The number of ether oxygens (including phenoxy) is 1. The van der Waals surface area contributed by atoms with Crippen LogP contribution in [0, 0.1) is 11.3 Å². The average Bonchev–Trinajstić information content (AvgIpc) is 2.77. The van der Waals surface area contributed by atoms with E-state index in [0.29, 0.717) is 11.1 Å². The van der Waals surface area contributed by atoms with Crippen molar-refractivity contribution in [1.82, 2.24) is 14.9 Å². The molecule has 0 unspecified atom stereocenters. The van der Waals surface area contributed by atoms with Crippen molar-refractivity contribution < 1.29 is 13.2 Å². The molecule has 4 rings (SSSR count). The molecule has 172 valence electrons. The van der Waals surface area contributed by atoms with Crippen molar-refractivity contribution >= 4 is 32.3 Å². The van der Waals surface area contributed by atoms with Crippen molar-refractivity contribution in [1.29, 1.82) is 5.26 Å². The van der Waals surface area contributed by atoms with Crippen LogP contribution in [0.2, 0.25) is 0 Å². The molecule has 2 aromatic heterocycles. The van der Waals surface area contributed by atoms with Gasteiger partial charge in [-0.05, 0) is 37.7 Å². The summed E-state index contributed by atoms with van der Waals surface area (Å²) in [6, 6.07) is 10.0. The number of nitrogens with one attached hydrogen (secondary N) is 1. The maximum Gasteiger partial charge on any atom is 0.238 e. The van der Waals surface area contributed by atoms with E-state index < -0.39 is 10.0 Å². The zero-order chi connectivity index (χ0) is 23.8. The summed E-state index contributed by atoms with van der Waals surface area (Å²) in [4.78, 5) is 13.3. The predicted octanol–water partition coefficient (Wildman–Crippen LogP) is 2.69. The lowest BCUT2D eigenvalue weighted by molar-refractivity contribution is 0.276. The predicted molar refractivity (Wildman–Crippen MR) is 129 cm³/mol. The molecule has 1 aromatic carbocycles. The third-order valence-electron chi connectivity index (χ3n) is 5.75. The molecule has 0 spiro atoms. The summed E-state index contributed by atoms with van der Waals surface area (Å²) >= 11 is 0. The Hall–Kier alpha value is -3.42. The van der Waals surface area contributed by atoms with Crippen LogP contribution in [-0.4, -0.2) is 69.4 Å². The molecule has 3 heterocycles. The maximum absolute atomic E-state index is 11.8. The van der Waals surface area contributed by atoms with Gasteiger partial charge in [0.2, 0.25) is 15.9 Å². The van der Waals surface area contributed by atoms with Crippen LogP contribution < -0.4 is 14.4 Å². The number of pyridine rings is 2. The number of benzene rings is 1. The van der Waals surface area contributed by atoms with Gasteiger partial charge in [-0.25, -0.2) is 13.4 Å². The van der Waals surface area contributed by atoms with E-state index in [1.807, 2.05) is 18.2 Å². The van der Waals surface area contributed by atoms with E-state index in [1.165, 1.54) is 7.11 Å². The number of hydrogen-bond acceptors (Lipinski definition) is 8. The molecule has 1 N–H and O–H groups in total. The number of likely N-dealkylation sites (N-methyl/N-ethyl adjacent to an activating group) is 1. The van der Waals surface area contributed by atoms with Gasteiger partial charge >= 0.3 is 0 Å². The van der Waals surface area contributed by atoms with E-state index in [4.69, 9.17) is 4.74 Å². The first-order valence-electron chi connectivity index (χ1n) is 10.5. The molecule has 33 heavy (non-hydrogen) atoms. The highest BCUT2D eigenvalue weighted by atomic mass is 32.2. The zero-order valence-corrected chi connectivity index (χ0v) is 19.8. The molecule has 0 bridgehead atoms. The Morgan fingerprint density at radius 3 is 2.64 bits per heavy atom. The first kappa shape index (κ1) is 22.8. The van der Waals surface area contributed by atoms with E-state index in [9.17, 15) is 13.7 Å². The van der Waals surface area contributed by atoms with Gasteiger partial charge in [0.15, 0.2) is 0 Å². The molecular formula is C23H26N6O3S. The number of nitriles is 1. The van der Waals surface area contributed by atoms with Crippen LogP contribution in [0.5, 0.6) is 5.88 Å². The molecule has 0 aliphatic carbocycles.